The van der Waals surface area contributed by atoms with Gasteiger partial charge in [0.1, 0.15) is 22.7 Å². The van der Waals surface area contributed by atoms with Crippen LogP contribution in [0.25, 0.3) is 33.4 Å². The molecule has 0 spiro atoms. The van der Waals surface area contributed by atoms with Gasteiger partial charge in [-0.25, -0.2) is 9.59 Å². The summed E-state index contributed by atoms with van der Waals surface area (Å²) in [4.78, 5) is 37.0. The van der Waals surface area contributed by atoms with Crippen LogP contribution < -0.4 is 15.9 Å². The number of esters is 2. The van der Waals surface area contributed by atoms with Crippen molar-refractivity contribution in [1.82, 2.24) is 0 Å². The van der Waals surface area contributed by atoms with Crippen LogP contribution in [0.4, 0.5) is 5.69 Å². The zero-order chi connectivity index (χ0) is 26.0. The number of rotatable bonds is 6. The van der Waals surface area contributed by atoms with Gasteiger partial charge in [-0.05, 0) is 75.7 Å². The Balaban J connectivity index is 1.87. The number of nitrogen functional groups attached to an aromatic ring is 1. The van der Waals surface area contributed by atoms with E-state index < -0.39 is 17.5 Å². The first-order valence-corrected chi connectivity index (χ1v) is 11.5. The summed E-state index contributed by atoms with van der Waals surface area (Å²) in [6.45, 7) is 6.99. The van der Waals surface area contributed by atoms with Gasteiger partial charge in [-0.3, -0.25) is 4.79 Å². The number of carbonyl (C=O) groups is 2. The predicted octanol–water partition coefficient (Wildman–Crippen LogP) is 5.04. The molecule has 8 heteroatoms. The summed E-state index contributed by atoms with van der Waals surface area (Å²) in [6, 6.07) is 14.5. The average molecular weight is 490 g/mol. The molecule has 2 aromatic rings. The van der Waals surface area contributed by atoms with E-state index in [2.05, 4.69) is 0 Å². The number of ether oxygens (including phenoxy) is 3. The van der Waals surface area contributed by atoms with Crippen LogP contribution >= 0.6 is 0 Å². The minimum Gasteiger partial charge on any atom is -0.482 e. The summed E-state index contributed by atoms with van der Waals surface area (Å²) in [5, 5.41) is 0.655. The largest absolute Gasteiger partial charge is 0.482 e. The highest BCUT2D eigenvalue weighted by atomic mass is 16.6. The van der Waals surface area contributed by atoms with Crippen molar-refractivity contribution in [3.05, 3.63) is 70.4 Å². The van der Waals surface area contributed by atoms with Crippen LogP contribution in [0.15, 0.2) is 63.8 Å². The maximum Gasteiger partial charge on any atom is 0.344 e. The molecule has 2 aliphatic rings. The second-order valence-electron chi connectivity index (χ2n) is 9.19. The summed E-state index contributed by atoms with van der Waals surface area (Å²) in [5.74, 6) is -0.300. The van der Waals surface area contributed by atoms with Crippen LogP contribution in [0.2, 0.25) is 0 Å². The third-order valence-corrected chi connectivity index (χ3v) is 5.25. The van der Waals surface area contributed by atoms with Gasteiger partial charge in [0.25, 0.3) is 0 Å². The molecule has 1 heterocycles. The first-order chi connectivity index (χ1) is 17.1. The number of nitrogens with two attached hydrogens (primary N) is 1. The Morgan fingerprint density at radius 2 is 1.75 bits per heavy atom. The van der Waals surface area contributed by atoms with Crippen LogP contribution in [0.5, 0.6) is 5.75 Å². The number of benzene rings is 3. The van der Waals surface area contributed by atoms with Gasteiger partial charge in [-0.1, -0.05) is 0 Å². The van der Waals surface area contributed by atoms with Crippen molar-refractivity contribution in [3.63, 3.8) is 0 Å². The molecular weight excluding hydrogens is 462 g/mol. The zero-order valence-electron chi connectivity index (χ0n) is 20.5. The standard InChI is InChI=1S/C28H27NO7/c1-5-33-27(32)19-9-6-16(29)12-22(19)26-20-10-7-17(30)13-23(20)35-24-14-18(8-11-21(24)26)34-15-25(31)36-28(2,3)4/h6-14H,5,15,29H2,1-4H3. The lowest BCUT2D eigenvalue weighted by Gasteiger charge is -2.20. The monoisotopic (exact) mass is 489 g/mol. The third kappa shape index (κ3) is 5.33. The summed E-state index contributed by atoms with van der Waals surface area (Å²) in [7, 11) is 0. The first kappa shape index (κ1) is 24.8. The molecule has 0 atom stereocenters. The minimum atomic E-state index is -0.628. The van der Waals surface area contributed by atoms with Crippen LogP contribution in [-0.4, -0.2) is 30.8 Å². The van der Waals surface area contributed by atoms with Crippen molar-refractivity contribution < 1.29 is 28.2 Å². The summed E-state index contributed by atoms with van der Waals surface area (Å²) in [5.41, 5.74) is 8.24. The molecule has 0 radical (unpaired) electrons. The highest BCUT2D eigenvalue weighted by Gasteiger charge is 2.23. The van der Waals surface area contributed by atoms with Crippen molar-refractivity contribution in [2.75, 3.05) is 18.9 Å². The fraction of sp³-hybridized carbons (Fsp3) is 0.250. The van der Waals surface area contributed by atoms with Gasteiger partial charge in [0, 0.05) is 34.3 Å². The van der Waals surface area contributed by atoms with E-state index in [0.29, 0.717) is 50.4 Å². The van der Waals surface area contributed by atoms with Gasteiger partial charge < -0.3 is 24.4 Å². The number of hydrogen-bond donors (Lipinski definition) is 1. The lowest BCUT2D eigenvalue weighted by atomic mass is 9.90. The maximum atomic E-state index is 12.8. The Hall–Kier alpha value is -4.33. The van der Waals surface area contributed by atoms with E-state index in [4.69, 9.17) is 24.4 Å². The van der Waals surface area contributed by atoms with Crippen molar-refractivity contribution in [3.8, 4) is 28.2 Å². The predicted molar refractivity (Wildman–Crippen MR) is 136 cm³/mol. The molecule has 0 saturated carbocycles. The van der Waals surface area contributed by atoms with Crippen molar-refractivity contribution in [1.29, 1.82) is 0 Å². The quantitative estimate of drug-likeness (QED) is 0.227. The highest BCUT2D eigenvalue weighted by Crippen LogP contribution is 2.42. The number of hydrogen-bond acceptors (Lipinski definition) is 8. The molecule has 4 rings (SSSR count). The molecule has 8 nitrogen and oxygen atoms in total. The molecule has 36 heavy (non-hydrogen) atoms. The van der Waals surface area contributed by atoms with E-state index in [1.165, 1.54) is 12.1 Å². The van der Waals surface area contributed by atoms with Gasteiger partial charge in [-0.15, -0.1) is 0 Å². The molecule has 0 saturated heterocycles. The topological polar surface area (TPSA) is 118 Å². The normalized spacial score (nSPS) is 11.4. The fourth-order valence-corrected chi connectivity index (χ4v) is 3.90. The first-order valence-electron chi connectivity index (χ1n) is 11.5. The summed E-state index contributed by atoms with van der Waals surface area (Å²) >= 11 is 0. The van der Waals surface area contributed by atoms with E-state index in [1.807, 2.05) is 0 Å². The second-order valence-corrected chi connectivity index (χ2v) is 9.19. The lowest BCUT2D eigenvalue weighted by Crippen LogP contribution is -2.27. The van der Waals surface area contributed by atoms with Crippen molar-refractivity contribution in [2.24, 2.45) is 0 Å². The van der Waals surface area contributed by atoms with Gasteiger partial charge in [0.2, 0.25) is 0 Å². The van der Waals surface area contributed by atoms with E-state index in [1.54, 1.807) is 70.2 Å². The molecule has 2 N–H and O–H groups in total. The Labute approximate surface area is 207 Å². The molecule has 0 unspecified atom stereocenters. The second kappa shape index (κ2) is 9.73. The van der Waals surface area contributed by atoms with Crippen LogP contribution in [0.1, 0.15) is 38.1 Å². The average Bonchev–Trinajstić information content (AvgIpc) is 2.80. The Kier molecular flexibility index (Phi) is 6.70. The van der Waals surface area contributed by atoms with E-state index in [-0.39, 0.29) is 18.6 Å². The number of carbonyl (C=O) groups excluding carboxylic acids is 2. The van der Waals surface area contributed by atoms with E-state index in [9.17, 15) is 14.4 Å². The van der Waals surface area contributed by atoms with Crippen molar-refractivity contribution >= 4 is 28.6 Å². The van der Waals surface area contributed by atoms with Gasteiger partial charge >= 0.3 is 11.9 Å². The van der Waals surface area contributed by atoms with Crippen molar-refractivity contribution in [2.45, 2.75) is 33.3 Å². The van der Waals surface area contributed by atoms with Crippen LogP contribution in [0.3, 0.4) is 0 Å². The Morgan fingerprint density at radius 1 is 0.972 bits per heavy atom. The fourth-order valence-electron chi connectivity index (χ4n) is 3.90. The molecule has 2 aromatic carbocycles. The third-order valence-electron chi connectivity index (χ3n) is 5.25. The van der Waals surface area contributed by atoms with E-state index >= 15 is 0 Å². The molecule has 0 aromatic heterocycles. The van der Waals surface area contributed by atoms with E-state index in [0.717, 1.165) is 0 Å². The molecule has 1 aliphatic heterocycles. The Morgan fingerprint density at radius 3 is 2.47 bits per heavy atom. The Bertz CT molecular complexity index is 1480. The molecule has 0 fully saturated rings. The molecule has 0 bridgehead atoms. The lowest BCUT2D eigenvalue weighted by molar-refractivity contribution is -0.157. The molecule has 0 amide bonds. The molecular formula is C28H27NO7. The number of fused-ring (bicyclic) bond motifs is 2. The van der Waals surface area contributed by atoms with Gasteiger partial charge in [-0.2, -0.15) is 0 Å². The SMILES string of the molecule is CCOC(=O)c1ccc(N)cc1-c1c2ccc(=O)cc-2oc2cc(OCC(=O)OC(C)(C)C)ccc12. The smallest absolute Gasteiger partial charge is 0.344 e. The maximum absolute atomic E-state index is 12.8. The van der Waals surface area contributed by atoms with Gasteiger partial charge in [0.15, 0.2) is 12.0 Å². The number of anilines is 1. The van der Waals surface area contributed by atoms with Crippen LogP contribution in [0, 0.1) is 0 Å². The summed E-state index contributed by atoms with van der Waals surface area (Å²) in [6.07, 6.45) is 0. The van der Waals surface area contributed by atoms with Crippen LogP contribution in [-0.2, 0) is 14.3 Å². The summed E-state index contributed by atoms with van der Waals surface area (Å²) < 4.78 is 22.2. The highest BCUT2D eigenvalue weighted by molar-refractivity contribution is 6.08. The van der Waals surface area contributed by atoms with Gasteiger partial charge in [0.05, 0.1) is 12.2 Å². The molecule has 1 aliphatic carbocycles. The zero-order valence-corrected chi connectivity index (χ0v) is 20.5. The molecule has 186 valence electrons. The minimum absolute atomic E-state index is 0.214.